The van der Waals surface area contributed by atoms with E-state index < -0.39 is 12.5 Å². The van der Waals surface area contributed by atoms with Crippen molar-refractivity contribution in [3.8, 4) is 28.8 Å². The lowest BCUT2D eigenvalue weighted by Crippen LogP contribution is -2.16. The maximum absolute atomic E-state index is 12.7. The molecule has 0 unspecified atom stereocenters. The van der Waals surface area contributed by atoms with E-state index in [4.69, 9.17) is 0 Å². The second kappa shape index (κ2) is 8.46. The first-order valence-electron chi connectivity index (χ1n) is 9.00. The molecule has 2 aromatic heterocycles. The van der Waals surface area contributed by atoms with Gasteiger partial charge in [-0.2, -0.15) is 24.2 Å². The number of amides is 1. The molecule has 0 saturated heterocycles. The first-order chi connectivity index (χ1) is 15.0. The molecule has 0 atom stereocenters. The highest BCUT2D eigenvalue weighted by atomic mass is 19.3. The Morgan fingerprint density at radius 1 is 1.16 bits per heavy atom. The Bertz CT molecular complexity index is 1240. The largest absolute Gasteiger partial charge is 0.435 e. The van der Waals surface area contributed by atoms with Crippen molar-refractivity contribution in [2.45, 2.75) is 6.61 Å². The van der Waals surface area contributed by atoms with Crippen LogP contribution in [0.5, 0.6) is 5.75 Å². The third-order valence-corrected chi connectivity index (χ3v) is 4.32. The van der Waals surface area contributed by atoms with Crippen molar-refractivity contribution in [3.05, 3.63) is 78.1 Å². The molecule has 0 radical (unpaired) electrons. The third kappa shape index (κ3) is 4.25. The second-order valence-corrected chi connectivity index (χ2v) is 6.29. The van der Waals surface area contributed by atoms with Crippen molar-refractivity contribution in [3.63, 3.8) is 0 Å². The number of carbonyl (C=O) groups excluding carboxylic acids is 1. The molecule has 4 aromatic rings. The highest BCUT2D eigenvalue weighted by Crippen LogP contribution is 2.24. The molecule has 0 fully saturated rings. The van der Waals surface area contributed by atoms with Crippen LogP contribution in [0.4, 0.5) is 14.6 Å². The van der Waals surface area contributed by atoms with E-state index in [2.05, 4.69) is 25.3 Å². The van der Waals surface area contributed by atoms with E-state index in [1.54, 1.807) is 24.3 Å². The number of rotatable bonds is 6. The number of H-pyrrole nitrogens is 1. The number of hydrogen-bond donors (Lipinski definition) is 2. The molecule has 2 aromatic carbocycles. The number of anilines is 1. The molecule has 8 nitrogen and oxygen atoms in total. The van der Waals surface area contributed by atoms with Gasteiger partial charge in [-0.1, -0.05) is 18.2 Å². The van der Waals surface area contributed by atoms with Gasteiger partial charge in [-0.15, -0.1) is 0 Å². The number of benzene rings is 2. The van der Waals surface area contributed by atoms with Crippen LogP contribution in [0.1, 0.15) is 16.1 Å². The minimum Gasteiger partial charge on any atom is -0.435 e. The number of aromatic amines is 1. The van der Waals surface area contributed by atoms with E-state index in [0.29, 0.717) is 16.9 Å². The minimum absolute atomic E-state index is 0.0189. The number of nitrogens with zero attached hydrogens (tertiary/aromatic N) is 4. The quantitative estimate of drug-likeness (QED) is 0.490. The maximum Gasteiger partial charge on any atom is 0.387 e. The van der Waals surface area contributed by atoms with Crippen molar-refractivity contribution in [1.29, 1.82) is 5.26 Å². The Balaban J connectivity index is 1.55. The third-order valence-electron chi connectivity index (χ3n) is 4.32. The number of ether oxygens (including phenoxy) is 1. The molecule has 31 heavy (non-hydrogen) atoms. The molecule has 0 saturated carbocycles. The summed E-state index contributed by atoms with van der Waals surface area (Å²) >= 11 is 0. The van der Waals surface area contributed by atoms with E-state index in [9.17, 15) is 18.8 Å². The number of aromatic nitrogens is 4. The molecule has 2 N–H and O–H groups in total. The fourth-order valence-electron chi connectivity index (χ4n) is 2.88. The summed E-state index contributed by atoms with van der Waals surface area (Å²) in [4.78, 5) is 12.7. The van der Waals surface area contributed by atoms with Crippen LogP contribution in [0.2, 0.25) is 0 Å². The molecule has 2 heterocycles. The summed E-state index contributed by atoms with van der Waals surface area (Å²) in [6.07, 6.45) is 1.37. The number of nitrogens with one attached hydrogen (secondary N) is 2. The zero-order valence-electron chi connectivity index (χ0n) is 15.8. The molecule has 0 aliphatic heterocycles. The van der Waals surface area contributed by atoms with Gasteiger partial charge in [0.1, 0.15) is 23.1 Å². The Morgan fingerprint density at radius 3 is 2.58 bits per heavy atom. The highest BCUT2D eigenvalue weighted by molar-refractivity contribution is 6.03. The number of hydrogen-bond acceptors (Lipinski definition) is 5. The lowest BCUT2D eigenvalue weighted by Gasteiger charge is -2.08. The van der Waals surface area contributed by atoms with Crippen molar-refractivity contribution in [2.75, 3.05) is 5.32 Å². The summed E-state index contributed by atoms with van der Waals surface area (Å²) in [5, 5.41) is 22.9. The lowest BCUT2D eigenvalue weighted by atomic mass is 10.1. The summed E-state index contributed by atoms with van der Waals surface area (Å²) in [7, 11) is 0. The first-order valence-corrected chi connectivity index (χ1v) is 9.00. The predicted molar refractivity (Wildman–Crippen MR) is 107 cm³/mol. The number of halogens is 2. The van der Waals surface area contributed by atoms with Crippen molar-refractivity contribution >= 4 is 11.7 Å². The molecule has 154 valence electrons. The first kappa shape index (κ1) is 19.8. The van der Waals surface area contributed by atoms with Gasteiger partial charge >= 0.3 is 6.61 Å². The Labute approximate surface area is 174 Å². The molecule has 1 amide bonds. The normalized spacial score (nSPS) is 10.6. The van der Waals surface area contributed by atoms with Gasteiger partial charge in [-0.3, -0.25) is 9.89 Å². The Kier molecular flexibility index (Phi) is 5.40. The number of nitriles is 1. The summed E-state index contributed by atoms with van der Waals surface area (Å²) in [5.41, 5.74) is 2.06. The minimum atomic E-state index is -2.91. The fourth-order valence-corrected chi connectivity index (χ4v) is 2.88. The molecule has 0 aliphatic rings. The van der Waals surface area contributed by atoms with E-state index in [1.165, 1.54) is 29.1 Å². The smallest absolute Gasteiger partial charge is 0.387 e. The molecule has 4 rings (SSSR count). The average Bonchev–Trinajstić information content (AvgIpc) is 3.42. The lowest BCUT2D eigenvalue weighted by molar-refractivity contribution is -0.0498. The number of alkyl halides is 2. The second-order valence-electron chi connectivity index (χ2n) is 6.29. The molecule has 0 spiro atoms. The number of para-hydroxylation sites is 1. The van der Waals surface area contributed by atoms with Gasteiger partial charge in [-0.05, 0) is 42.5 Å². The van der Waals surface area contributed by atoms with Crippen LogP contribution in [0.3, 0.4) is 0 Å². The summed E-state index contributed by atoms with van der Waals surface area (Å²) in [6.45, 7) is -2.91. The van der Waals surface area contributed by atoms with Crippen molar-refractivity contribution in [2.24, 2.45) is 0 Å². The summed E-state index contributed by atoms with van der Waals surface area (Å²) < 4.78 is 30.3. The van der Waals surface area contributed by atoms with Gasteiger partial charge in [-0.25, -0.2) is 4.68 Å². The van der Waals surface area contributed by atoms with Gasteiger partial charge < -0.3 is 10.1 Å². The maximum atomic E-state index is 12.7. The van der Waals surface area contributed by atoms with Gasteiger partial charge in [0.25, 0.3) is 5.91 Å². The summed E-state index contributed by atoms with van der Waals surface area (Å²) in [6, 6.07) is 18.4. The number of carbonyl (C=O) groups is 1. The van der Waals surface area contributed by atoms with Crippen LogP contribution >= 0.6 is 0 Å². The van der Waals surface area contributed by atoms with Crippen LogP contribution in [-0.2, 0) is 0 Å². The van der Waals surface area contributed by atoms with Gasteiger partial charge in [0.15, 0.2) is 5.82 Å². The van der Waals surface area contributed by atoms with Crippen LogP contribution < -0.4 is 10.1 Å². The molecule has 0 bridgehead atoms. The molecular formula is C21H14F2N6O2. The van der Waals surface area contributed by atoms with E-state index in [1.807, 2.05) is 24.3 Å². The van der Waals surface area contributed by atoms with Crippen LogP contribution in [0.15, 0.2) is 66.9 Å². The van der Waals surface area contributed by atoms with Crippen molar-refractivity contribution < 1.29 is 18.3 Å². The zero-order chi connectivity index (χ0) is 21.8. The van der Waals surface area contributed by atoms with E-state index >= 15 is 0 Å². The SMILES string of the molecule is N#Cc1cnn(-c2ccccc2)c1NC(=O)c1cc(-c2ccc(OC(F)F)cc2)n[nH]1. The van der Waals surface area contributed by atoms with Crippen LogP contribution in [0, 0.1) is 11.3 Å². The van der Waals surface area contributed by atoms with Gasteiger partial charge in [0.05, 0.1) is 17.6 Å². The van der Waals surface area contributed by atoms with Gasteiger partial charge in [0.2, 0.25) is 0 Å². The molecule has 10 heteroatoms. The topological polar surface area (TPSA) is 109 Å². The summed E-state index contributed by atoms with van der Waals surface area (Å²) in [5.74, 6) is -0.278. The highest BCUT2D eigenvalue weighted by Gasteiger charge is 2.18. The Hall–Kier alpha value is -4.52. The fraction of sp³-hybridized carbons (Fsp3) is 0.0476. The Morgan fingerprint density at radius 2 is 1.90 bits per heavy atom. The molecule has 0 aliphatic carbocycles. The van der Waals surface area contributed by atoms with Crippen molar-refractivity contribution in [1.82, 2.24) is 20.0 Å². The van der Waals surface area contributed by atoms with Gasteiger partial charge in [0, 0.05) is 5.56 Å². The van der Waals surface area contributed by atoms with Crippen LogP contribution in [0.25, 0.3) is 16.9 Å². The predicted octanol–water partition coefficient (Wildman–Crippen LogP) is 3.99. The molecular weight excluding hydrogens is 406 g/mol. The zero-order valence-corrected chi connectivity index (χ0v) is 15.8. The van der Waals surface area contributed by atoms with E-state index in [0.717, 1.165) is 0 Å². The average molecular weight is 420 g/mol. The standard InChI is InChI=1S/C21H14F2N6O2/c22-21(23)31-16-8-6-13(7-9-16)17-10-18(28-27-17)20(30)26-19-14(11-24)12-25-29(19)15-4-2-1-3-5-15/h1-10,12,21H,(H,26,30)(H,27,28). The van der Waals surface area contributed by atoms with E-state index in [-0.39, 0.29) is 22.8 Å². The monoisotopic (exact) mass is 420 g/mol. The van der Waals surface area contributed by atoms with Crippen LogP contribution in [-0.4, -0.2) is 32.5 Å².